The Kier molecular flexibility index (Phi) is 4.15. The van der Waals surface area contributed by atoms with Crippen molar-refractivity contribution in [1.82, 2.24) is 10.0 Å². The van der Waals surface area contributed by atoms with Gasteiger partial charge in [0.05, 0.1) is 6.04 Å². The van der Waals surface area contributed by atoms with Crippen LogP contribution in [0.2, 0.25) is 0 Å². The van der Waals surface area contributed by atoms with Gasteiger partial charge in [0, 0.05) is 6.54 Å². The molecule has 0 aliphatic rings. The number of carbonyl (C=O) groups excluding carboxylic acids is 1. The molecule has 0 aliphatic heterocycles. The van der Waals surface area contributed by atoms with Crippen molar-refractivity contribution in [3.63, 3.8) is 0 Å². The number of likely N-dealkylation sites (N-methyl/N-ethyl adjacent to an activating group) is 1. The fraction of sp³-hybridized carbons (Fsp3) is 0.800. The van der Waals surface area contributed by atoms with Crippen molar-refractivity contribution in [2.75, 3.05) is 6.54 Å². The largest absolute Gasteiger partial charge is 0.355 e. The zero-order chi connectivity index (χ0) is 9.78. The fourth-order valence-electron chi connectivity index (χ4n) is 0.627. The van der Waals surface area contributed by atoms with Gasteiger partial charge in [-0.3, -0.25) is 4.79 Å². The number of hydrogen-bond acceptors (Lipinski definition) is 3. The summed E-state index contributed by atoms with van der Waals surface area (Å²) in [5.74, 6) is -0.397. The van der Waals surface area contributed by atoms with Crippen LogP contribution in [0, 0.1) is 0 Å². The third kappa shape index (κ3) is 5.05. The first-order chi connectivity index (χ1) is 5.37. The van der Waals surface area contributed by atoms with Crippen molar-refractivity contribution in [2.45, 2.75) is 19.9 Å². The summed E-state index contributed by atoms with van der Waals surface area (Å²) in [6, 6.07) is -0.833. The Morgan fingerprint density at radius 3 is 2.42 bits per heavy atom. The van der Waals surface area contributed by atoms with Crippen LogP contribution in [0.1, 0.15) is 13.8 Å². The molecule has 12 heavy (non-hydrogen) atoms. The molecule has 72 valence electrons. The average molecular weight is 195 g/mol. The van der Waals surface area contributed by atoms with E-state index < -0.39 is 22.2 Å². The van der Waals surface area contributed by atoms with Gasteiger partial charge >= 0.3 is 0 Å². The molecule has 0 fully saturated rings. The van der Waals surface area contributed by atoms with E-state index >= 15 is 0 Å². The lowest BCUT2D eigenvalue weighted by Gasteiger charge is -2.10. The second-order valence-corrected chi connectivity index (χ2v) is 3.60. The molecule has 7 heteroatoms. The predicted octanol–water partition coefficient (Wildman–Crippen LogP) is -1.70. The van der Waals surface area contributed by atoms with Gasteiger partial charge in [-0.05, 0) is 13.8 Å². The lowest BCUT2D eigenvalue weighted by atomic mass is 10.3. The summed E-state index contributed by atoms with van der Waals surface area (Å²) >= 11 is 0. The zero-order valence-corrected chi connectivity index (χ0v) is 7.81. The summed E-state index contributed by atoms with van der Waals surface area (Å²) in [6.45, 7) is 3.60. The number of nitrogens with two attached hydrogens (primary N) is 1. The van der Waals surface area contributed by atoms with Gasteiger partial charge < -0.3 is 5.32 Å². The molecule has 0 saturated carbocycles. The smallest absolute Gasteiger partial charge is 0.275 e. The molecule has 0 saturated heterocycles. The maximum Gasteiger partial charge on any atom is 0.275 e. The van der Waals surface area contributed by atoms with Gasteiger partial charge in [-0.1, -0.05) is 0 Å². The first-order valence-corrected chi connectivity index (χ1v) is 4.99. The molecule has 1 unspecified atom stereocenters. The molecular formula is C5H13N3O3S. The molecule has 1 atom stereocenters. The second-order valence-electron chi connectivity index (χ2n) is 2.28. The summed E-state index contributed by atoms with van der Waals surface area (Å²) in [5, 5.41) is 7.10. The Morgan fingerprint density at radius 2 is 2.08 bits per heavy atom. The number of amides is 1. The summed E-state index contributed by atoms with van der Waals surface area (Å²) in [7, 11) is -3.80. The van der Waals surface area contributed by atoms with E-state index in [1.807, 2.05) is 4.72 Å². The van der Waals surface area contributed by atoms with Crippen LogP contribution in [0.15, 0.2) is 0 Å². The van der Waals surface area contributed by atoms with E-state index in [4.69, 9.17) is 0 Å². The third-order valence-electron chi connectivity index (χ3n) is 1.09. The Hall–Kier alpha value is -0.660. The third-order valence-corrected chi connectivity index (χ3v) is 1.77. The van der Waals surface area contributed by atoms with Crippen LogP contribution in [0.25, 0.3) is 0 Å². The quantitative estimate of drug-likeness (QED) is 0.498. The molecule has 0 heterocycles. The van der Waals surface area contributed by atoms with Crippen LogP contribution in [0.3, 0.4) is 0 Å². The lowest BCUT2D eigenvalue weighted by molar-refractivity contribution is -0.122. The predicted molar refractivity (Wildman–Crippen MR) is 44.4 cm³/mol. The Balaban J connectivity index is 4.05. The number of carbonyl (C=O) groups is 1. The Morgan fingerprint density at radius 1 is 1.58 bits per heavy atom. The monoisotopic (exact) mass is 195 g/mol. The van der Waals surface area contributed by atoms with Crippen LogP contribution >= 0.6 is 0 Å². The molecule has 0 rings (SSSR count). The SMILES string of the molecule is CCNC(=O)C(C)NS(N)(=O)=O. The highest BCUT2D eigenvalue weighted by Crippen LogP contribution is 1.82. The Labute approximate surface area is 71.7 Å². The number of rotatable bonds is 4. The minimum Gasteiger partial charge on any atom is -0.355 e. The lowest BCUT2D eigenvalue weighted by Crippen LogP contribution is -2.46. The van der Waals surface area contributed by atoms with E-state index in [0.717, 1.165) is 0 Å². The first-order valence-electron chi connectivity index (χ1n) is 3.44. The van der Waals surface area contributed by atoms with Gasteiger partial charge in [0.2, 0.25) is 5.91 Å². The van der Waals surface area contributed by atoms with E-state index in [9.17, 15) is 13.2 Å². The summed E-state index contributed by atoms with van der Waals surface area (Å²) in [6.07, 6.45) is 0. The van der Waals surface area contributed by atoms with Crippen LogP contribution < -0.4 is 15.2 Å². The average Bonchev–Trinajstić information content (AvgIpc) is 1.84. The minimum absolute atomic E-state index is 0.397. The van der Waals surface area contributed by atoms with Crippen LogP contribution in [0.4, 0.5) is 0 Å². The van der Waals surface area contributed by atoms with Gasteiger partial charge in [-0.15, -0.1) is 0 Å². The molecule has 0 aromatic carbocycles. The topological polar surface area (TPSA) is 101 Å². The molecule has 0 radical (unpaired) electrons. The molecule has 1 amide bonds. The van der Waals surface area contributed by atoms with E-state index in [1.54, 1.807) is 6.92 Å². The highest BCUT2D eigenvalue weighted by atomic mass is 32.2. The molecule has 0 aliphatic carbocycles. The second kappa shape index (κ2) is 4.39. The van der Waals surface area contributed by atoms with Gasteiger partial charge in [0.1, 0.15) is 0 Å². The number of nitrogens with one attached hydrogen (secondary N) is 2. The van der Waals surface area contributed by atoms with Gasteiger partial charge in [-0.25, -0.2) is 5.14 Å². The maximum absolute atomic E-state index is 10.9. The maximum atomic E-state index is 10.9. The van der Waals surface area contributed by atoms with Crippen molar-refractivity contribution < 1.29 is 13.2 Å². The summed E-state index contributed by atoms with van der Waals surface area (Å²) < 4.78 is 22.8. The van der Waals surface area contributed by atoms with Crippen molar-refractivity contribution in [2.24, 2.45) is 5.14 Å². The van der Waals surface area contributed by atoms with Crippen molar-refractivity contribution in [1.29, 1.82) is 0 Å². The standard InChI is InChI=1S/C5H13N3O3S/c1-3-7-5(9)4(2)8-12(6,10)11/h4,8H,3H2,1-2H3,(H,7,9)(H2,6,10,11). The number of hydrogen-bond donors (Lipinski definition) is 3. The van der Waals surface area contributed by atoms with Crippen LogP contribution in [-0.2, 0) is 15.0 Å². The van der Waals surface area contributed by atoms with Crippen LogP contribution in [-0.4, -0.2) is 26.9 Å². The summed E-state index contributed by atoms with van der Waals surface area (Å²) in [5.41, 5.74) is 0. The van der Waals surface area contributed by atoms with Gasteiger partial charge in [0.15, 0.2) is 0 Å². The van der Waals surface area contributed by atoms with Gasteiger partial charge in [0.25, 0.3) is 10.2 Å². The highest BCUT2D eigenvalue weighted by Gasteiger charge is 2.15. The van der Waals surface area contributed by atoms with E-state index in [1.165, 1.54) is 6.92 Å². The Bertz CT molecular complexity index is 249. The molecule has 0 bridgehead atoms. The normalized spacial score (nSPS) is 13.9. The molecule has 0 aromatic heterocycles. The van der Waals surface area contributed by atoms with Crippen molar-refractivity contribution in [3.8, 4) is 0 Å². The van der Waals surface area contributed by atoms with Crippen molar-refractivity contribution in [3.05, 3.63) is 0 Å². The van der Waals surface area contributed by atoms with E-state index in [0.29, 0.717) is 6.54 Å². The van der Waals surface area contributed by atoms with E-state index in [-0.39, 0.29) is 0 Å². The minimum atomic E-state index is -3.80. The highest BCUT2D eigenvalue weighted by molar-refractivity contribution is 7.87. The van der Waals surface area contributed by atoms with Crippen LogP contribution in [0.5, 0.6) is 0 Å². The molecule has 0 spiro atoms. The van der Waals surface area contributed by atoms with Gasteiger partial charge in [-0.2, -0.15) is 13.1 Å². The zero-order valence-electron chi connectivity index (χ0n) is 6.99. The molecular weight excluding hydrogens is 182 g/mol. The molecule has 4 N–H and O–H groups in total. The molecule has 6 nitrogen and oxygen atoms in total. The van der Waals surface area contributed by atoms with E-state index in [2.05, 4.69) is 10.5 Å². The first kappa shape index (κ1) is 11.3. The molecule has 0 aromatic rings. The van der Waals surface area contributed by atoms with Crippen molar-refractivity contribution >= 4 is 16.1 Å². The fourth-order valence-corrected chi connectivity index (χ4v) is 1.23. The summed E-state index contributed by atoms with van der Waals surface area (Å²) in [4.78, 5) is 10.9.